The lowest BCUT2D eigenvalue weighted by molar-refractivity contribution is -0.0310. The van der Waals surface area contributed by atoms with Gasteiger partial charge in [0, 0.05) is 0 Å². The quantitative estimate of drug-likeness (QED) is 0.672. The van der Waals surface area contributed by atoms with Crippen molar-refractivity contribution >= 4 is 6.16 Å². The van der Waals surface area contributed by atoms with Crippen LogP contribution in [0.4, 0.5) is 4.79 Å². The second kappa shape index (κ2) is 7.01. The number of hydrogen-bond donors (Lipinski definition) is 0. The van der Waals surface area contributed by atoms with Gasteiger partial charge < -0.3 is 9.47 Å². The molecule has 0 N–H and O–H groups in total. The van der Waals surface area contributed by atoms with Crippen molar-refractivity contribution in [2.24, 2.45) is 5.41 Å². The summed E-state index contributed by atoms with van der Waals surface area (Å²) in [5.41, 5.74) is -0.0417. The summed E-state index contributed by atoms with van der Waals surface area (Å²) < 4.78 is 10.8. The van der Waals surface area contributed by atoms with Crippen LogP contribution in [0.25, 0.3) is 0 Å². The molecule has 1 rings (SSSR count). The van der Waals surface area contributed by atoms with Crippen molar-refractivity contribution in [2.45, 2.75) is 84.8 Å². The Balaban J connectivity index is 2.34. The molecule has 0 spiro atoms. The van der Waals surface area contributed by atoms with Crippen molar-refractivity contribution in [3.05, 3.63) is 0 Å². The van der Waals surface area contributed by atoms with Gasteiger partial charge >= 0.3 is 6.16 Å². The Bertz CT molecular complexity index is 247. The van der Waals surface area contributed by atoms with Gasteiger partial charge in [0.05, 0.1) is 0 Å². The zero-order valence-electron chi connectivity index (χ0n) is 12.3. The largest absolute Gasteiger partial charge is 0.508 e. The standard InChI is InChI=1S/C15H28O3/c1-12(15(2,3)4)17-14(16)18-13-10-8-6-5-7-9-11-13/h12-13H,5-11H2,1-4H3. The number of hydrogen-bond acceptors (Lipinski definition) is 3. The maximum atomic E-state index is 11.7. The van der Waals surface area contributed by atoms with Crippen LogP contribution in [-0.4, -0.2) is 18.4 Å². The molecule has 1 atom stereocenters. The fourth-order valence-corrected chi connectivity index (χ4v) is 2.02. The Hall–Kier alpha value is -0.730. The van der Waals surface area contributed by atoms with Gasteiger partial charge in [-0.25, -0.2) is 4.79 Å². The minimum atomic E-state index is -0.497. The zero-order chi connectivity index (χ0) is 13.6. The summed E-state index contributed by atoms with van der Waals surface area (Å²) >= 11 is 0. The van der Waals surface area contributed by atoms with Gasteiger partial charge in [-0.1, -0.05) is 40.0 Å². The molecule has 0 aliphatic heterocycles. The lowest BCUT2D eigenvalue weighted by Gasteiger charge is -2.27. The number of rotatable bonds is 2. The molecule has 106 valence electrons. The molecule has 0 aromatic carbocycles. The number of carbonyl (C=O) groups is 1. The van der Waals surface area contributed by atoms with Crippen molar-refractivity contribution in [2.75, 3.05) is 0 Å². The smallest absolute Gasteiger partial charge is 0.431 e. The van der Waals surface area contributed by atoms with Crippen LogP contribution in [0, 0.1) is 5.41 Å². The van der Waals surface area contributed by atoms with Gasteiger partial charge in [-0.05, 0) is 38.0 Å². The monoisotopic (exact) mass is 256 g/mol. The topological polar surface area (TPSA) is 35.5 Å². The van der Waals surface area contributed by atoms with Gasteiger partial charge in [0.1, 0.15) is 12.2 Å². The van der Waals surface area contributed by atoms with E-state index in [1.54, 1.807) is 0 Å². The molecular weight excluding hydrogens is 228 g/mol. The molecule has 0 radical (unpaired) electrons. The van der Waals surface area contributed by atoms with Crippen LogP contribution in [0.2, 0.25) is 0 Å². The first kappa shape index (κ1) is 15.3. The fraction of sp³-hybridized carbons (Fsp3) is 0.933. The van der Waals surface area contributed by atoms with E-state index < -0.39 is 6.16 Å². The minimum absolute atomic E-state index is 0.0417. The van der Waals surface area contributed by atoms with E-state index in [0.717, 1.165) is 25.7 Å². The molecule has 0 heterocycles. The van der Waals surface area contributed by atoms with E-state index in [1.807, 2.05) is 6.92 Å². The van der Waals surface area contributed by atoms with Crippen molar-refractivity contribution in [1.29, 1.82) is 0 Å². The summed E-state index contributed by atoms with van der Waals surface area (Å²) in [5, 5.41) is 0. The molecular formula is C15H28O3. The molecule has 1 saturated carbocycles. The van der Waals surface area contributed by atoms with E-state index in [4.69, 9.17) is 9.47 Å². The van der Waals surface area contributed by atoms with Gasteiger partial charge in [0.25, 0.3) is 0 Å². The van der Waals surface area contributed by atoms with Crippen LogP contribution in [0.1, 0.15) is 72.6 Å². The average Bonchev–Trinajstić information content (AvgIpc) is 2.20. The highest BCUT2D eigenvalue weighted by molar-refractivity contribution is 5.60. The van der Waals surface area contributed by atoms with Gasteiger partial charge in [-0.3, -0.25) is 0 Å². The first-order valence-corrected chi connectivity index (χ1v) is 7.27. The van der Waals surface area contributed by atoms with E-state index in [2.05, 4.69) is 20.8 Å². The van der Waals surface area contributed by atoms with Crippen molar-refractivity contribution in [3.8, 4) is 0 Å². The summed E-state index contributed by atoms with van der Waals surface area (Å²) in [5.74, 6) is 0. The molecule has 0 aromatic rings. The summed E-state index contributed by atoms with van der Waals surface area (Å²) in [4.78, 5) is 11.7. The van der Waals surface area contributed by atoms with Gasteiger partial charge in [0.15, 0.2) is 0 Å². The maximum absolute atomic E-state index is 11.7. The predicted molar refractivity (Wildman–Crippen MR) is 72.6 cm³/mol. The minimum Gasteiger partial charge on any atom is -0.431 e. The van der Waals surface area contributed by atoms with Crippen LogP contribution in [0.5, 0.6) is 0 Å². The van der Waals surface area contributed by atoms with Crippen LogP contribution < -0.4 is 0 Å². The fourth-order valence-electron chi connectivity index (χ4n) is 2.02. The number of carbonyl (C=O) groups excluding carboxylic acids is 1. The van der Waals surface area contributed by atoms with E-state index in [-0.39, 0.29) is 17.6 Å². The Morgan fingerprint density at radius 1 is 1.06 bits per heavy atom. The SMILES string of the molecule is CC(OC(=O)OC1CCCCCCC1)C(C)(C)C. The third-order valence-corrected chi connectivity index (χ3v) is 3.81. The first-order valence-electron chi connectivity index (χ1n) is 7.27. The summed E-state index contributed by atoms with van der Waals surface area (Å²) in [6, 6.07) is 0. The van der Waals surface area contributed by atoms with Gasteiger partial charge in [0.2, 0.25) is 0 Å². The Labute approximate surface area is 111 Å². The third-order valence-electron chi connectivity index (χ3n) is 3.81. The van der Waals surface area contributed by atoms with Crippen LogP contribution in [0.3, 0.4) is 0 Å². The highest BCUT2D eigenvalue weighted by Gasteiger charge is 2.26. The van der Waals surface area contributed by atoms with Gasteiger partial charge in [-0.2, -0.15) is 0 Å². The third kappa shape index (κ3) is 5.74. The highest BCUT2D eigenvalue weighted by atomic mass is 16.7. The molecule has 0 saturated heterocycles. The summed E-state index contributed by atoms with van der Waals surface area (Å²) in [7, 11) is 0. The lowest BCUT2D eigenvalue weighted by Crippen LogP contribution is -2.30. The average molecular weight is 256 g/mol. The molecule has 1 aliphatic carbocycles. The highest BCUT2D eigenvalue weighted by Crippen LogP contribution is 2.24. The van der Waals surface area contributed by atoms with E-state index in [0.29, 0.717) is 0 Å². The first-order chi connectivity index (χ1) is 8.39. The predicted octanol–water partition coefficient (Wildman–Crippen LogP) is 4.69. The maximum Gasteiger partial charge on any atom is 0.508 e. The molecule has 1 unspecified atom stereocenters. The summed E-state index contributed by atoms with van der Waals surface area (Å²) in [6.07, 6.45) is 7.56. The van der Waals surface area contributed by atoms with E-state index in [9.17, 15) is 4.79 Å². The second-order valence-electron chi connectivity index (χ2n) is 6.46. The van der Waals surface area contributed by atoms with Crippen molar-refractivity contribution in [1.82, 2.24) is 0 Å². The van der Waals surface area contributed by atoms with Crippen LogP contribution in [-0.2, 0) is 9.47 Å². The molecule has 3 heteroatoms. The molecule has 3 nitrogen and oxygen atoms in total. The molecule has 1 aliphatic rings. The molecule has 0 amide bonds. The lowest BCUT2D eigenvalue weighted by atomic mass is 9.90. The second-order valence-corrected chi connectivity index (χ2v) is 6.46. The Morgan fingerprint density at radius 3 is 2.06 bits per heavy atom. The van der Waals surface area contributed by atoms with Crippen molar-refractivity contribution < 1.29 is 14.3 Å². The van der Waals surface area contributed by atoms with Crippen LogP contribution >= 0.6 is 0 Å². The molecule has 0 aromatic heterocycles. The molecule has 1 fully saturated rings. The summed E-state index contributed by atoms with van der Waals surface area (Å²) in [6.45, 7) is 8.08. The van der Waals surface area contributed by atoms with Crippen molar-refractivity contribution in [3.63, 3.8) is 0 Å². The van der Waals surface area contributed by atoms with Gasteiger partial charge in [-0.15, -0.1) is 0 Å². The molecule has 0 bridgehead atoms. The Morgan fingerprint density at radius 2 is 1.56 bits per heavy atom. The zero-order valence-corrected chi connectivity index (χ0v) is 12.3. The normalized spacial score (nSPS) is 20.7. The molecule has 18 heavy (non-hydrogen) atoms. The van der Waals surface area contributed by atoms with Crippen LogP contribution in [0.15, 0.2) is 0 Å². The van der Waals surface area contributed by atoms with E-state index >= 15 is 0 Å². The number of ether oxygens (including phenoxy) is 2. The van der Waals surface area contributed by atoms with E-state index in [1.165, 1.54) is 19.3 Å². The Kier molecular flexibility index (Phi) is 5.97.